The number of halogens is 1. The SMILES string of the molecule is O=C(NCc1ccc(F)cc1)c1nnc(CN(Cc2cccs2)CC2CCCO2)s1. The number of aromatic nitrogens is 2. The van der Waals surface area contributed by atoms with Gasteiger partial charge in [-0.2, -0.15) is 0 Å². The maximum atomic E-state index is 13.0. The largest absolute Gasteiger partial charge is 0.377 e. The Kier molecular flexibility index (Phi) is 7.16. The third-order valence-electron chi connectivity index (χ3n) is 4.83. The van der Waals surface area contributed by atoms with Gasteiger partial charge in [0.2, 0.25) is 5.01 Å². The molecule has 158 valence electrons. The Morgan fingerprint density at radius 3 is 2.83 bits per heavy atom. The summed E-state index contributed by atoms with van der Waals surface area (Å²) >= 11 is 3.04. The number of nitrogens with one attached hydrogen (secondary N) is 1. The number of carbonyl (C=O) groups excluding carboxylic acids is 1. The number of hydrogen-bond acceptors (Lipinski definition) is 7. The molecule has 0 bridgehead atoms. The van der Waals surface area contributed by atoms with Crippen LogP contribution in [0.3, 0.4) is 0 Å². The summed E-state index contributed by atoms with van der Waals surface area (Å²) in [6, 6.07) is 10.2. The molecule has 4 rings (SSSR count). The fourth-order valence-corrected chi connectivity index (χ4v) is 4.89. The summed E-state index contributed by atoms with van der Waals surface area (Å²) in [5.74, 6) is -0.569. The van der Waals surface area contributed by atoms with Gasteiger partial charge in [0, 0.05) is 31.1 Å². The van der Waals surface area contributed by atoms with Gasteiger partial charge >= 0.3 is 0 Å². The van der Waals surface area contributed by atoms with Gasteiger partial charge in [-0.05, 0) is 42.0 Å². The summed E-state index contributed by atoms with van der Waals surface area (Å²) in [6.45, 7) is 3.43. The van der Waals surface area contributed by atoms with Crippen molar-refractivity contribution in [3.63, 3.8) is 0 Å². The van der Waals surface area contributed by atoms with Crippen molar-refractivity contribution < 1.29 is 13.9 Å². The van der Waals surface area contributed by atoms with Crippen molar-refractivity contribution in [3.8, 4) is 0 Å². The van der Waals surface area contributed by atoms with Crippen molar-refractivity contribution in [2.24, 2.45) is 0 Å². The Bertz CT molecular complexity index is 940. The number of benzene rings is 1. The van der Waals surface area contributed by atoms with Gasteiger partial charge in [-0.25, -0.2) is 4.39 Å². The van der Waals surface area contributed by atoms with E-state index in [-0.39, 0.29) is 17.8 Å². The van der Waals surface area contributed by atoms with Crippen LogP contribution in [0.5, 0.6) is 0 Å². The van der Waals surface area contributed by atoms with Crippen molar-refractivity contribution in [2.75, 3.05) is 13.2 Å². The number of ether oxygens (including phenoxy) is 1. The fraction of sp³-hybridized carbons (Fsp3) is 0.381. The molecule has 6 nitrogen and oxygen atoms in total. The molecule has 0 radical (unpaired) electrons. The number of hydrogen-bond donors (Lipinski definition) is 1. The van der Waals surface area contributed by atoms with Gasteiger partial charge in [-0.3, -0.25) is 9.69 Å². The Morgan fingerprint density at radius 2 is 2.10 bits per heavy atom. The Balaban J connectivity index is 1.35. The molecule has 1 unspecified atom stereocenters. The lowest BCUT2D eigenvalue weighted by Gasteiger charge is -2.23. The molecule has 0 aliphatic carbocycles. The fourth-order valence-electron chi connectivity index (χ4n) is 3.35. The van der Waals surface area contributed by atoms with Crippen molar-refractivity contribution in [1.82, 2.24) is 20.4 Å². The summed E-state index contributed by atoms with van der Waals surface area (Å²) < 4.78 is 18.8. The minimum absolute atomic E-state index is 0.247. The highest BCUT2D eigenvalue weighted by atomic mass is 32.1. The van der Waals surface area contributed by atoms with Crippen molar-refractivity contribution in [1.29, 1.82) is 0 Å². The number of carbonyl (C=O) groups is 1. The number of amides is 1. The molecule has 1 N–H and O–H groups in total. The Morgan fingerprint density at radius 1 is 1.23 bits per heavy atom. The Labute approximate surface area is 182 Å². The van der Waals surface area contributed by atoms with Crippen LogP contribution in [0.2, 0.25) is 0 Å². The first-order valence-corrected chi connectivity index (χ1v) is 11.6. The van der Waals surface area contributed by atoms with E-state index in [2.05, 4.69) is 37.9 Å². The first kappa shape index (κ1) is 21.0. The van der Waals surface area contributed by atoms with Crippen LogP contribution in [0.25, 0.3) is 0 Å². The first-order chi connectivity index (χ1) is 14.7. The maximum absolute atomic E-state index is 13.0. The van der Waals surface area contributed by atoms with Crippen LogP contribution >= 0.6 is 22.7 Å². The molecule has 3 heterocycles. The smallest absolute Gasteiger partial charge is 0.282 e. The van der Waals surface area contributed by atoms with Crippen molar-refractivity contribution in [2.45, 2.75) is 38.6 Å². The number of rotatable bonds is 9. The van der Waals surface area contributed by atoms with E-state index in [4.69, 9.17) is 4.74 Å². The van der Waals surface area contributed by atoms with Crippen LogP contribution in [0.15, 0.2) is 41.8 Å². The molecule has 30 heavy (non-hydrogen) atoms. The zero-order valence-electron chi connectivity index (χ0n) is 16.4. The molecule has 2 aromatic heterocycles. The molecule has 1 atom stereocenters. The molecule has 0 spiro atoms. The minimum Gasteiger partial charge on any atom is -0.377 e. The second-order valence-corrected chi connectivity index (χ2v) is 9.29. The highest BCUT2D eigenvalue weighted by Gasteiger charge is 2.21. The van der Waals surface area contributed by atoms with E-state index in [1.54, 1.807) is 23.5 Å². The Hall–Kier alpha value is -2.20. The van der Waals surface area contributed by atoms with E-state index in [9.17, 15) is 9.18 Å². The van der Waals surface area contributed by atoms with E-state index in [1.807, 2.05) is 0 Å². The predicted octanol–water partition coefficient (Wildman–Crippen LogP) is 3.85. The van der Waals surface area contributed by atoms with Gasteiger partial charge in [-0.15, -0.1) is 21.5 Å². The van der Waals surface area contributed by atoms with Gasteiger partial charge in [0.25, 0.3) is 5.91 Å². The van der Waals surface area contributed by atoms with Gasteiger partial charge < -0.3 is 10.1 Å². The topological polar surface area (TPSA) is 67.4 Å². The normalized spacial score (nSPS) is 16.3. The first-order valence-electron chi connectivity index (χ1n) is 9.87. The molecule has 1 aromatic carbocycles. The van der Waals surface area contributed by atoms with E-state index < -0.39 is 0 Å². The van der Waals surface area contributed by atoms with E-state index in [0.717, 1.165) is 43.1 Å². The lowest BCUT2D eigenvalue weighted by molar-refractivity contribution is 0.0681. The summed E-state index contributed by atoms with van der Waals surface area (Å²) in [5.41, 5.74) is 0.827. The van der Waals surface area contributed by atoms with Gasteiger partial charge in [0.15, 0.2) is 0 Å². The van der Waals surface area contributed by atoms with Crippen LogP contribution in [0, 0.1) is 5.82 Å². The van der Waals surface area contributed by atoms with Crippen LogP contribution in [-0.2, 0) is 24.4 Å². The average Bonchev–Trinajstić information content (AvgIpc) is 3.51. The molecule has 1 aliphatic heterocycles. The zero-order valence-corrected chi connectivity index (χ0v) is 18.1. The van der Waals surface area contributed by atoms with Crippen LogP contribution < -0.4 is 5.32 Å². The average molecular weight is 447 g/mol. The standard InChI is InChI=1S/C21H23FN4O2S2/c22-16-7-5-15(6-8-16)11-23-20(27)21-25-24-19(30-21)14-26(12-17-3-1-9-28-17)13-18-4-2-10-29-18/h2,4-8,10,17H,1,3,9,11-14H2,(H,23,27). The summed E-state index contributed by atoms with van der Waals surface area (Å²) in [4.78, 5) is 16.0. The molecule has 3 aromatic rings. The minimum atomic E-state index is -0.297. The van der Waals surface area contributed by atoms with E-state index >= 15 is 0 Å². The third-order valence-corrected chi connectivity index (χ3v) is 6.60. The molecule has 1 saturated heterocycles. The molecule has 1 fully saturated rings. The highest BCUT2D eigenvalue weighted by Crippen LogP contribution is 2.20. The third kappa shape index (κ3) is 5.91. The molecule has 1 aliphatic rings. The predicted molar refractivity (Wildman–Crippen MR) is 115 cm³/mol. The lowest BCUT2D eigenvalue weighted by Crippen LogP contribution is -2.31. The summed E-state index contributed by atoms with van der Waals surface area (Å²) in [7, 11) is 0. The van der Waals surface area contributed by atoms with Crippen LogP contribution in [0.4, 0.5) is 4.39 Å². The molecular formula is C21H23FN4O2S2. The molecule has 1 amide bonds. The molecule has 9 heteroatoms. The van der Waals surface area contributed by atoms with Gasteiger partial charge in [0.1, 0.15) is 10.8 Å². The maximum Gasteiger partial charge on any atom is 0.282 e. The van der Waals surface area contributed by atoms with E-state index in [0.29, 0.717) is 18.1 Å². The second-order valence-electron chi connectivity index (χ2n) is 7.19. The van der Waals surface area contributed by atoms with Crippen molar-refractivity contribution >= 4 is 28.6 Å². The van der Waals surface area contributed by atoms with Crippen LogP contribution in [-0.4, -0.2) is 40.3 Å². The molecular weight excluding hydrogens is 423 g/mol. The summed E-state index contributed by atoms with van der Waals surface area (Å²) in [6.07, 6.45) is 2.43. The highest BCUT2D eigenvalue weighted by molar-refractivity contribution is 7.13. The van der Waals surface area contributed by atoms with Gasteiger partial charge in [-0.1, -0.05) is 29.5 Å². The second kappa shape index (κ2) is 10.2. The van der Waals surface area contributed by atoms with Gasteiger partial charge in [0.05, 0.1) is 12.6 Å². The number of thiophene rings is 1. The summed E-state index contributed by atoms with van der Waals surface area (Å²) in [5, 5.41) is 14.3. The molecule has 0 saturated carbocycles. The quantitative estimate of drug-likeness (QED) is 0.541. The number of nitrogens with zero attached hydrogens (tertiary/aromatic N) is 3. The zero-order chi connectivity index (χ0) is 20.8. The lowest BCUT2D eigenvalue weighted by atomic mass is 10.2. The van der Waals surface area contributed by atoms with Crippen LogP contribution in [0.1, 0.15) is 38.1 Å². The van der Waals surface area contributed by atoms with E-state index in [1.165, 1.54) is 28.3 Å². The monoisotopic (exact) mass is 446 g/mol. The van der Waals surface area contributed by atoms with Crippen molar-refractivity contribution in [3.05, 3.63) is 68.1 Å².